The fourth-order valence-electron chi connectivity index (χ4n) is 1.38. The molecule has 2 rings (SSSR count). The van der Waals surface area contributed by atoms with Crippen LogP contribution in [0.4, 0.5) is 0 Å². The second-order valence-electron chi connectivity index (χ2n) is 3.55. The molecule has 2 aliphatic rings. The first-order valence-electron chi connectivity index (χ1n) is 5.05. The van der Waals surface area contributed by atoms with E-state index >= 15 is 0 Å². The van der Waals surface area contributed by atoms with Gasteiger partial charge in [0.2, 0.25) is 0 Å². The van der Waals surface area contributed by atoms with Crippen molar-refractivity contribution in [1.29, 1.82) is 0 Å². The summed E-state index contributed by atoms with van der Waals surface area (Å²) in [5.41, 5.74) is 0. The largest absolute Gasteiger partial charge is 0.480 e. The molecule has 17 heavy (non-hydrogen) atoms. The van der Waals surface area contributed by atoms with E-state index in [1.165, 1.54) is 0 Å². The number of thioether (sulfide) groups is 1. The van der Waals surface area contributed by atoms with Gasteiger partial charge in [0, 0.05) is 23.0 Å². The Balaban J connectivity index is 0.000000171. The maximum Gasteiger partial charge on any atom is 0.325 e. The van der Waals surface area contributed by atoms with Crippen molar-refractivity contribution in [3.63, 3.8) is 0 Å². The second-order valence-corrected chi connectivity index (χ2v) is 5.11. The molecule has 0 radical (unpaired) electrons. The molecule has 0 aliphatic carbocycles. The van der Waals surface area contributed by atoms with Gasteiger partial charge in [0.1, 0.15) is 12.1 Å². The van der Waals surface area contributed by atoms with Crippen molar-refractivity contribution in [2.75, 3.05) is 18.2 Å². The SMILES string of the molecule is O=C(O)C1CSCN1.O=C(O)[C@H]1NCCC1=S. The third-order valence-electron chi connectivity index (χ3n) is 2.30. The van der Waals surface area contributed by atoms with Gasteiger partial charge in [-0.15, -0.1) is 11.8 Å². The number of carboxylic acids is 2. The van der Waals surface area contributed by atoms with Crippen molar-refractivity contribution < 1.29 is 19.8 Å². The number of hydrogen-bond donors (Lipinski definition) is 4. The first-order chi connectivity index (χ1) is 8.02. The van der Waals surface area contributed by atoms with Crippen LogP contribution in [0.2, 0.25) is 0 Å². The second kappa shape index (κ2) is 6.90. The van der Waals surface area contributed by atoms with Gasteiger partial charge in [0.05, 0.1) is 0 Å². The Labute approximate surface area is 108 Å². The van der Waals surface area contributed by atoms with Gasteiger partial charge in [0.25, 0.3) is 0 Å². The molecule has 0 bridgehead atoms. The van der Waals surface area contributed by atoms with Crippen molar-refractivity contribution in [1.82, 2.24) is 10.6 Å². The van der Waals surface area contributed by atoms with E-state index in [0.717, 1.165) is 5.88 Å². The Kier molecular flexibility index (Phi) is 5.83. The average molecular weight is 278 g/mol. The van der Waals surface area contributed by atoms with Gasteiger partial charge in [0.15, 0.2) is 0 Å². The lowest BCUT2D eigenvalue weighted by Gasteiger charge is -2.01. The van der Waals surface area contributed by atoms with Crippen LogP contribution in [0.3, 0.4) is 0 Å². The van der Waals surface area contributed by atoms with E-state index in [2.05, 4.69) is 10.6 Å². The summed E-state index contributed by atoms with van der Waals surface area (Å²) in [5, 5.41) is 22.4. The van der Waals surface area contributed by atoms with Crippen LogP contribution in [0.1, 0.15) is 6.42 Å². The number of aliphatic carboxylic acids is 2. The Morgan fingerprint density at radius 2 is 2.00 bits per heavy atom. The van der Waals surface area contributed by atoms with Crippen LogP contribution in [-0.2, 0) is 9.59 Å². The number of carboxylic acid groups (broad SMARTS) is 2. The van der Waals surface area contributed by atoms with Crippen molar-refractivity contribution in [3.8, 4) is 0 Å². The molecule has 8 heteroatoms. The maximum absolute atomic E-state index is 10.3. The summed E-state index contributed by atoms with van der Waals surface area (Å²) in [6, 6.07) is -0.875. The quantitative estimate of drug-likeness (QED) is 0.504. The molecule has 2 saturated heterocycles. The van der Waals surface area contributed by atoms with Crippen LogP contribution in [0, 0.1) is 0 Å². The molecule has 2 aliphatic heterocycles. The van der Waals surface area contributed by atoms with Crippen molar-refractivity contribution in [2.24, 2.45) is 0 Å². The van der Waals surface area contributed by atoms with Crippen LogP contribution in [0.25, 0.3) is 0 Å². The molecule has 0 spiro atoms. The van der Waals surface area contributed by atoms with E-state index < -0.39 is 18.0 Å². The lowest BCUT2D eigenvalue weighted by Crippen LogP contribution is -2.34. The minimum absolute atomic E-state index is 0.306. The first-order valence-corrected chi connectivity index (χ1v) is 6.61. The van der Waals surface area contributed by atoms with Gasteiger partial charge >= 0.3 is 11.9 Å². The Hall–Kier alpha value is -0.700. The van der Waals surface area contributed by atoms with Gasteiger partial charge in [-0.3, -0.25) is 20.2 Å². The van der Waals surface area contributed by atoms with Crippen molar-refractivity contribution in [2.45, 2.75) is 18.5 Å². The molecule has 0 saturated carbocycles. The van der Waals surface area contributed by atoms with E-state index in [1.807, 2.05) is 0 Å². The van der Waals surface area contributed by atoms with Gasteiger partial charge in [-0.05, 0) is 6.42 Å². The fourth-order valence-corrected chi connectivity index (χ4v) is 2.60. The van der Waals surface area contributed by atoms with Crippen molar-refractivity contribution in [3.05, 3.63) is 0 Å². The maximum atomic E-state index is 10.3. The standard InChI is InChI=1S/C5H7NO2S.C4H7NO2S/c7-5(8)4-3(9)1-2-6-4;6-4(7)3-1-8-2-5-3/h4,6H,1-2H2,(H,7,8);3,5H,1-2H2,(H,6,7)/t4-;/m0./s1. The minimum atomic E-state index is -0.863. The Bertz CT molecular complexity index is 318. The first kappa shape index (κ1) is 14.4. The highest BCUT2D eigenvalue weighted by Crippen LogP contribution is 2.08. The van der Waals surface area contributed by atoms with Gasteiger partial charge in [-0.1, -0.05) is 12.2 Å². The molecule has 6 nitrogen and oxygen atoms in total. The van der Waals surface area contributed by atoms with E-state index in [9.17, 15) is 9.59 Å². The Morgan fingerprint density at radius 1 is 1.29 bits per heavy atom. The molecule has 4 N–H and O–H groups in total. The predicted molar refractivity (Wildman–Crippen MR) is 68.5 cm³/mol. The van der Waals surface area contributed by atoms with Crippen LogP contribution in [0.5, 0.6) is 0 Å². The topological polar surface area (TPSA) is 98.7 Å². The Morgan fingerprint density at radius 3 is 2.24 bits per heavy atom. The summed E-state index contributed by atoms with van der Waals surface area (Å²) in [7, 11) is 0. The van der Waals surface area contributed by atoms with Crippen LogP contribution >= 0.6 is 24.0 Å². The summed E-state index contributed by atoms with van der Waals surface area (Å²) in [4.78, 5) is 21.0. The number of nitrogens with one attached hydrogen (secondary N) is 2. The number of carbonyl (C=O) groups is 2. The summed E-state index contributed by atoms with van der Waals surface area (Å²) in [6.45, 7) is 0.704. The highest BCUT2D eigenvalue weighted by atomic mass is 32.2. The zero-order valence-electron chi connectivity index (χ0n) is 9.01. The highest BCUT2D eigenvalue weighted by molar-refractivity contribution is 7.99. The molecular formula is C9H14N2O4S2. The van der Waals surface area contributed by atoms with Gasteiger partial charge in [-0.25, -0.2) is 0 Å². The lowest BCUT2D eigenvalue weighted by molar-refractivity contribution is -0.139. The van der Waals surface area contributed by atoms with Gasteiger partial charge in [-0.2, -0.15) is 0 Å². The molecule has 1 unspecified atom stereocenters. The third-order valence-corrected chi connectivity index (χ3v) is 3.68. The van der Waals surface area contributed by atoms with Crippen molar-refractivity contribution >= 4 is 40.8 Å². The molecule has 2 atom stereocenters. The molecule has 2 fully saturated rings. The fraction of sp³-hybridized carbons (Fsp3) is 0.667. The summed E-state index contributed by atoms with van der Waals surface area (Å²) in [6.07, 6.45) is 0.715. The van der Waals surface area contributed by atoms with Gasteiger partial charge < -0.3 is 10.2 Å². The monoisotopic (exact) mass is 278 g/mol. The minimum Gasteiger partial charge on any atom is -0.480 e. The molecule has 0 aromatic carbocycles. The number of rotatable bonds is 2. The zero-order chi connectivity index (χ0) is 12.8. The molecule has 96 valence electrons. The molecule has 0 amide bonds. The van der Waals surface area contributed by atoms with Crippen LogP contribution in [0.15, 0.2) is 0 Å². The summed E-state index contributed by atoms with van der Waals surface area (Å²) >= 11 is 6.39. The molecule has 0 aromatic rings. The lowest BCUT2D eigenvalue weighted by atomic mass is 10.2. The predicted octanol–water partition coefficient (Wildman–Crippen LogP) is -0.464. The smallest absolute Gasteiger partial charge is 0.325 e. The molecule has 2 heterocycles. The summed E-state index contributed by atoms with van der Waals surface area (Å²) in [5.74, 6) is -0.126. The normalized spacial score (nSPS) is 27.4. The molecule has 0 aromatic heterocycles. The van der Waals surface area contributed by atoms with E-state index in [0.29, 0.717) is 23.6 Å². The van der Waals surface area contributed by atoms with Crippen LogP contribution in [-0.4, -0.2) is 57.3 Å². The van der Waals surface area contributed by atoms with E-state index in [4.69, 9.17) is 22.4 Å². The van der Waals surface area contributed by atoms with E-state index in [1.54, 1.807) is 11.8 Å². The zero-order valence-corrected chi connectivity index (χ0v) is 10.6. The van der Waals surface area contributed by atoms with Crippen LogP contribution < -0.4 is 10.6 Å². The number of thiocarbonyl (C=S) groups is 1. The van der Waals surface area contributed by atoms with E-state index in [-0.39, 0.29) is 6.04 Å². The third kappa shape index (κ3) is 4.58. The average Bonchev–Trinajstić information content (AvgIpc) is 2.87. The molecular weight excluding hydrogens is 264 g/mol. The summed E-state index contributed by atoms with van der Waals surface area (Å²) < 4.78 is 0. The highest BCUT2D eigenvalue weighted by Gasteiger charge is 2.26. The number of hydrogen-bond acceptors (Lipinski definition) is 6.